The molecular weight excluding hydrogens is 338 g/mol. The summed E-state index contributed by atoms with van der Waals surface area (Å²) in [5.74, 6) is 1.40. The fraction of sp³-hybridized carbons (Fsp3) is 0.261. The third-order valence-corrected chi connectivity index (χ3v) is 4.35. The minimum atomic E-state index is -0.269. The maximum Gasteiger partial charge on any atom is 0.291 e. The van der Waals surface area contributed by atoms with Crippen molar-refractivity contribution in [3.63, 3.8) is 0 Å². The van der Waals surface area contributed by atoms with E-state index in [1.54, 1.807) is 12.1 Å². The van der Waals surface area contributed by atoms with E-state index in [9.17, 15) is 4.79 Å². The first kappa shape index (κ1) is 18.8. The largest absolute Gasteiger partial charge is 0.486 e. The van der Waals surface area contributed by atoms with Crippen LogP contribution < -0.4 is 10.1 Å². The minimum Gasteiger partial charge on any atom is -0.486 e. The molecule has 0 bridgehead atoms. The van der Waals surface area contributed by atoms with Crippen LogP contribution in [0, 0.1) is 0 Å². The van der Waals surface area contributed by atoms with Crippen LogP contribution in [0.3, 0.4) is 0 Å². The fourth-order valence-corrected chi connectivity index (χ4v) is 2.79. The average molecular weight is 363 g/mol. The van der Waals surface area contributed by atoms with Gasteiger partial charge in [0.25, 0.3) is 5.91 Å². The van der Waals surface area contributed by atoms with Crippen molar-refractivity contribution >= 4 is 11.6 Å². The van der Waals surface area contributed by atoms with Gasteiger partial charge in [-0.15, -0.1) is 0 Å². The maximum absolute atomic E-state index is 12.3. The van der Waals surface area contributed by atoms with Crippen LogP contribution in [-0.2, 0) is 19.4 Å². The van der Waals surface area contributed by atoms with Gasteiger partial charge in [-0.25, -0.2) is 0 Å². The lowest BCUT2D eigenvalue weighted by Crippen LogP contribution is -2.10. The van der Waals surface area contributed by atoms with E-state index < -0.39 is 0 Å². The molecule has 3 rings (SSSR count). The minimum absolute atomic E-state index is 0.269. The molecule has 0 aliphatic rings. The highest BCUT2D eigenvalue weighted by Crippen LogP contribution is 2.17. The number of amides is 1. The zero-order valence-corrected chi connectivity index (χ0v) is 15.8. The number of carbonyl (C=O) groups is 1. The second-order valence-corrected chi connectivity index (χ2v) is 6.45. The molecule has 0 spiro atoms. The predicted octanol–water partition coefficient (Wildman–Crippen LogP) is 5.63. The highest BCUT2D eigenvalue weighted by atomic mass is 16.5. The molecule has 4 heteroatoms. The summed E-state index contributed by atoms with van der Waals surface area (Å²) in [7, 11) is 0. The Kier molecular flexibility index (Phi) is 6.31. The van der Waals surface area contributed by atoms with Crippen molar-refractivity contribution in [2.24, 2.45) is 0 Å². The quantitative estimate of drug-likeness (QED) is 0.564. The van der Waals surface area contributed by atoms with Crippen molar-refractivity contribution < 1.29 is 13.9 Å². The van der Waals surface area contributed by atoms with E-state index in [0.717, 1.165) is 30.7 Å². The number of hydrogen-bond acceptors (Lipinski definition) is 3. The van der Waals surface area contributed by atoms with Crippen molar-refractivity contribution in [2.75, 3.05) is 5.32 Å². The second kappa shape index (κ2) is 9.08. The topological polar surface area (TPSA) is 51.5 Å². The molecule has 0 saturated carbocycles. The molecule has 0 fully saturated rings. The number of ether oxygens (including phenoxy) is 1. The van der Waals surface area contributed by atoms with Crippen LogP contribution in [0.15, 0.2) is 65.1 Å². The Balaban J connectivity index is 1.54. The maximum atomic E-state index is 12.3. The normalized spacial score (nSPS) is 10.6. The molecule has 0 saturated heterocycles. The van der Waals surface area contributed by atoms with Gasteiger partial charge in [-0.1, -0.05) is 44.5 Å². The summed E-state index contributed by atoms with van der Waals surface area (Å²) in [6.07, 6.45) is 3.16. The molecule has 0 radical (unpaired) electrons. The van der Waals surface area contributed by atoms with E-state index in [1.807, 2.05) is 36.4 Å². The summed E-state index contributed by atoms with van der Waals surface area (Å²) in [4.78, 5) is 12.3. The number of aryl methyl sites for hydroxylation is 2. The van der Waals surface area contributed by atoms with Crippen LogP contribution in [0.1, 0.15) is 47.7 Å². The molecule has 3 aromatic rings. The van der Waals surface area contributed by atoms with Gasteiger partial charge in [0.2, 0.25) is 0 Å². The molecule has 0 aliphatic carbocycles. The molecule has 4 nitrogen and oxygen atoms in total. The van der Waals surface area contributed by atoms with Crippen molar-refractivity contribution in [2.45, 2.75) is 39.7 Å². The number of furan rings is 1. The first-order valence-corrected chi connectivity index (χ1v) is 9.38. The van der Waals surface area contributed by atoms with Gasteiger partial charge in [-0.05, 0) is 60.4 Å². The Morgan fingerprint density at radius 1 is 0.926 bits per heavy atom. The molecule has 0 aliphatic heterocycles. The lowest BCUT2D eigenvalue weighted by Gasteiger charge is -2.06. The standard InChI is InChI=1S/C23H25NO3/c1-3-5-18-8-12-20(13-9-18)26-16-21-14-15-22(27-21)23(25)24-19-10-6-17(4-2)7-11-19/h6-15H,3-5,16H2,1-2H3,(H,24,25). The Morgan fingerprint density at radius 3 is 2.30 bits per heavy atom. The number of hydrogen-bond donors (Lipinski definition) is 1. The molecule has 0 unspecified atom stereocenters. The van der Waals surface area contributed by atoms with Crippen molar-refractivity contribution in [1.29, 1.82) is 0 Å². The number of rotatable bonds is 8. The van der Waals surface area contributed by atoms with Gasteiger partial charge in [0.15, 0.2) is 5.76 Å². The van der Waals surface area contributed by atoms with Crippen molar-refractivity contribution in [3.05, 3.63) is 83.3 Å². The fourth-order valence-electron chi connectivity index (χ4n) is 2.79. The van der Waals surface area contributed by atoms with Crippen molar-refractivity contribution in [1.82, 2.24) is 0 Å². The van der Waals surface area contributed by atoms with Gasteiger partial charge in [0, 0.05) is 5.69 Å². The Bertz CT molecular complexity index is 863. The van der Waals surface area contributed by atoms with Crippen molar-refractivity contribution in [3.8, 4) is 5.75 Å². The summed E-state index contributed by atoms with van der Waals surface area (Å²) in [6, 6.07) is 19.3. The molecule has 1 amide bonds. The van der Waals surface area contributed by atoms with Crippen LogP contribution in [-0.4, -0.2) is 5.91 Å². The SMILES string of the molecule is CCCc1ccc(OCc2ccc(C(=O)Nc3ccc(CC)cc3)o2)cc1. The van der Waals surface area contributed by atoms with Gasteiger partial charge in [0.1, 0.15) is 18.1 Å². The smallest absolute Gasteiger partial charge is 0.291 e. The third-order valence-electron chi connectivity index (χ3n) is 4.35. The zero-order valence-electron chi connectivity index (χ0n) is 15.8. The highest BCUT2D eigenvalue weighted by molar-refractivity contribution is 6.02. The molecule has 1 heterocycles. The Morgan fingerprint density at radius 2 is 1.63 bits per heavy atom. The van der Waals surface area contributed by atoms with E-state index in [0.29, 0.717) is 5.76 Å². The first-order chi connectivity index (χ1) is 13.2. The number of carbonyl (C=O) groups excluding carboxylic acids is 1. The summed E-state index contributed by atoms with van der Waals surface area (Å²) < 4.78 is 11.3. The first-order valence-electron chi connectivity index (χ1n) is 9.38. The molecule has 0 atom stereocenters. The van der Waals surface area contributed by atoms with Crippen LogP contribution in [0.25, 0.3) is 0 Å². The second-order valence-electron chi connectivity index (χ2n) is 6.45. The van der Waals surface area contributed by atoms with E-state index in [1.165, 1.54) is 11.1 Å². The average Bonchev–Trinajstić information content (AvgIpc) is 3.17. The predicted molar refractivity (Wildman–Crippen MR) is 107 cm³/mol. The van der Waals surface area contributed by atoms with Gasteiger partial charge in [-0.3, -0.25) is 4.79 Å². The lowest BCUT2D eigenvalue weighted by molar-refractivity contribution is 0.0992. The zero-order chi connectivity index (χ0) is 19.1. The third kappa shape index (κ3) is 5.23. The summed E-state index contributed by atoms with van der Waals surface area (Å²) in [6.45, 7) is 4.54. The van der Waals surface area contributed by atoms with E-state index >= 15 is 0 Å². The summed E-state index contributed by atoms with van der Waals surface area (Å²) in [5.41, 5.74) is 3.28. The van der Waals surface area contributed by atoms with E-state index in [2.05, 4.69) is 31.3 Å². The van der Waals surface area contributed by atoms with Crippen LogP contribution in [0.5, 0.6) is 5.75 Å². The highest BCUT2D eigenvalue weighted by Gasteiger charge is 2.12. The van der Waals surface area contributed by atoms with E-state index in [-0.39, 0.29) is 18.3 Å². The van der Waals surface area contributed by atoms with Gasteiger partial charge in [0.05, 0.1) is 0 Å². The molecule has 1 aromatic heterocycles. The molecule has 1 N–H and O–H groups in total. The molecule has 140 valence electrons. The molecule has 2 aromatic carbocycles. The van der Waals surface area contributed by atoms with Gasteiger partial charge < -0.3 is 14.5 Å². The Labute approximate surface area is 160 Å². The number of anilines is 1. The van der Waals surface area contributed by atoms with Crippen LogP contribution in [0.2, 0.25) is 0 Å². The van der Waals surface area contributed by atoms with Crippen LogP contribution >= 0.6 is 0 Å². The monoisotopic (exact) mass is 363 g/mol. The molecule has 27 heavy (non-hydrogen) atoms. The number of nitrogens with one attached hydrogen (secondary N) is 1. The van der Waals surface area contributed by atoms with Gasteiger partial charge >= 0.3 is 0 Å². The lowest BCUT2D eigenvalue weighted by atomic mass is 10.1. The van der Waals surface area contributed by atoms with Gasteiger partial charge in [-0.2, -0.15) is 0 Å². The molecular formula is C23H25NO3. The number of benzene rings is 2. The Hall–Kier alpha value is -3.01. The summed E-state index contributed by atoms with van der Waals surface area (Å²) in [5, 5.41) is 2.84. The van der Waals surface area contributed by atoms with Crippen LogP contribution in [0.4, 0.5) is 5.69 Å². The summed E-state index contributed by atoms with van der Waals surface area (Å²) >= 11 is 0. The van der Waals surface area contributed by atoms with E-state index in [4.69, 9.17) is 9.15 Å².